The fourth-order valence-corrected chi connectivity index (χ4v) is 10.1. The number of hydrogen-bond donors (Lipinski definition) is 0. The van der Waals surface area contributed by atoms with Gasteiger partial charge in [0.1, 0.15) is 0 Å². The van der Waals surface area contributed by atoms with E-state index in [1.165, 1.54) is 0 Å². The second kappa shape index (κ2) is 18.1. The molecule has 0 fully saturated rings. The molecular formula is C64H46N6. The molecule has 0 aliphatic carbocycles. The fraction of sp³-hybridized carbons (Fsp3) is 0.0312. The van der Waals surface area contributed by atoms with Gasteiger partial charge in [-0.2, -0.15) is 0 Å². The van der Waals surface area contributed by atoms with E-state index in [0.29, 0.717) is 0 Å². The number of hydrogen-bond acceptors (Lipinski definition) is 4. The van der Waals surface area contributed by atoms with Gasteiger partial charge in [0.2, 0.25) is 0 Å². The van der Waals surface area contributed by atoms with Crippen LogP contribution in [0.15, 0.2) is 243 Å². The Bertz CT molecular complexity index is 3880. The van der Waals surface area contributed by atoms with Gasteiger partial charge in [-0.1, -0.05) is 129 Å². The molecule has 70 heavy (non-hydrogen) atoms. The Balaban J connectivity index is 0.00000249. The molecule has 7 aromatic carbocycles. The lowest BCUT2D eigenvalue weighted by Crippen LogP contribution is -1.98. The standard InChI is InChI=1S/C62H40N6.C2H6/c1-4-20-49(55-23-7-10-33-63-55)46(17-1)41-27-30-58-52(37-41)53-38-42(47-18-2-5-21-50(47)56-24-8-11-34-64-56)28-31-59(53)67(58)44-15-13-16-45(40-44)68-60-32-29-43(39-54(60)62-61(68)26-14-36-66-62)48-19-3-6-22-51(48)57-25-9-12-35-65-57;1-2/h1-40H;1-2H3. The summed E-state index contributed by atoms with van der Waals surface area (Å²) in [5.74, 6) is 0. The van der Waals surface area contributed by atoms with Crippen molar-refractivity contribution in [3.63, 3.8) is 0 Å². The Morgan fingerprint density at radius 3 is 1.07 bits per heavy atom. The minimum atomic E-state index is 0.946. The summed E-state index contributed by atoms with van der Waals surface area (Å²) in [4.78, 5) is 19.2. The number of rotatable bonds is 8. The molecule has 0 saturated heterocycles. The Morgan fingerprint density at radius 1 is 0.271 bits per heavy atom. The third kappa shape index (κ3) is 7.30. The Morgan fingerprint density at radius 2 is 0.643 bits per heavy atom. The summed E-state index contributed by atoms with van der Waals surface area (Å²) in [6.45, 7) is 4.00. The number of fused-ring (bicyclic) bond motifs is 6. The van der Waals surface area contributed by atoms with Crippen LogP contribution >= 0.6 is 0 Å². The van der Waals surface area contributed by atoms with Crippen molar-refractivity contribution in [2.24, 2.45) is 0 Å². The monoisotopic (exact) mass is 898 g/mol. The number of nitrogens with zero attached hydrogens (tertiary/aromatic N) is 6. The first-order valence-corrected chi connectivity index (χ1v) is 23.9. The van der Waals surface area contributed by atoms with Crippen LogP contribution < -0.4 is 0 Å². The maximum atomic E-state index is 5.00. The zero-order valence-corrected chi connectivity index (χ0v) is 38.8. The van der Waals surface area contributed by atoms with E-state index in [4.69, 9.17) is 19.9 Å². The van der Waals surface area contributed by atoms with Crippen molar-refractivity contribution in [2.75, 3.05) is 0 Å². The molecule has 0 spiro atoms. The predicted molar refractivity (Wildman–Crippen MR) is 290 cm³/mol. The number of aromatic nitrogens is 6. The molecule has 0 radical (unpaired) electrons. The molecule has 6 heteroatoms. The summed E-state index contributed by atoms with van der Waals surface area (Å²) in [5, 5.41) is 3.42. The maximum Gasteiger partial charge on any atom is 0.0963 e. The highest BCUT2D eigenvalue weighted by molar-refractivity contribution is 6.13. The molecular weight excluding hydrogens is 853 g/mol. The summed E-state index contributed by atoms with van der Waals surface area (Å²) in [6, 6.07) is 77.5. The SMILES string of the molecule is CC.c1ccc(-c2ccccc2-c2ccc3c(c2)c2cc(-c4ccccc4-c4ccccn4)ccc2n3-c2cccc(-n3c4ccc(-c5ccccc5-c5ccccn5)cc4c4ncccc43)c2)nc1. The molecule has 6 aromatic heterocycles. The molecule has 0 atom stereocenters. The molecule has 332 valence electrons. The molecule has 13 aromatic rings. The van der Waals surface area contributed by atoms with Gasteiger partial charge in [-0.3, -0.25) is 19.9 Å². The maximum absolute atomic E-state index is 5.00. The van der Waals surface area contributed by atoms with E-state index in [-0.39, 0.29) is 0 Å². The van der Waals surface area contributed by atoms with Crippen molar-refractivity contribution in [1.29, 1.82) is 0 Å². The van der Waals surface area contributed by atoms with Gasteiger partial charge >= 0.3 is 0 Å². The van der Waals surface area contributed by atoms with Crippen LogP contribution in [0.3, 0.4) is 0 Å². The lowest BCUT2D eigenvalue weighted by atomic mass is 9.94. The van der Waals surface area contributed by atoms with E-state index in [0.717, 1.165) is 122 Å². The molecule has 0 N–H and O–H groups in total. The minimum Gasteiger partial charge on any atom is -0.309 e. The quantitative estimate of drug-likeness (QED) is 0.152. The van der Waals surface area contributed by atoms with Crippen LogP contribution in [-0.4, -0.2) is 29.1 Å². The molecule has 6 nitrogen and oxygen atoms in total. The Kier molecular flexibility index (Phi) is 10.9. The van der Waals surface area contributed by atoms with Gasteiger partial charge < -0.3 is 9.13 Å². The molecule has 0 aliphatic rings. The average molecular weight is 899 g/mol. The van der Waals surface area contributed by atoms with Crippen molar-refractivity contribution in [3.05, 3.63) is 243 Å². The second-order valence-electron chi connectivity index (χ2n) is 17.0. The third-order valence-corrected chi connectivity index (χ3v) is 13.2. The number of benzene rings is 7. The van der Waals surface area contributed by atoms with Gasteiger partial charge in [-0.05, 0) is 137 Å². The van der Waals surface area contributed by atoms with Gasteiger partial charge in [-0.25, -0.2) is 0 Å². The van der Waals surface area contributed by atoms with E-state index in [9.17, 15) is 0 Å². The lowest BCUT2D eigenvalue weighted by Gasteiger charge is -2.14. The van der Waals surface area contributed by atoms with Gasteiger partial charge in [0.05, 0.1) is 44.7 Å². The summed E-state index contributed by atoms with van der Waals surface area (Å²) in [6.07, 6.45) is 7.46. The topological polar surface area (TPSA) is 61.4 Å². The average Bonchev–Trinajstić information content (AvgIpc) is 3.96. The summed E-state index contributed by atoms with van der Waals surface area (Å²) in [7, 11) is 0. The van der Waals surface area contributed by atoms with Crippen molar-refractivity contribution in [1.82, 2.24) is 29.1 Å². The highest BCUT2D eigenvalue weighted by atomic mass is 15.0. The first-order chi connectivity index (χ1) is 34.7. The van der Waals surface area contributed by atoms with Crippen molar-refractivity contribution < 1.29 is 0 Å². The van der Waals surface area contributed by atoms with Gasteiger partial charge in [0, 0.05) is 69.0 Å². The van der Waals surface area contributed by atoms with Crippen LogP contribution in [0.5, 0.6) is 0 Å². The van der Waals surface area contributed by atoms with Crippen LogP contribution in [0.25, 0.3) is 122 Å². The van der Waals surface area contributed by atoms with E-state index >= 15 is 0 Å². The molecule has 0 aliphatic heterocycles. The van der Waals surface area contributed by atoms with E-state index < -0.39 is 0 Å². The van der Waals surface area contributed by atoms with Gasteiger partial charge in [-0.15, -0.1) is 0 Å². The fourth-order valence-electron chi connectivity index (χ4n) is 10.1. The third-order valence-electron chi connectivity index (χ3n) is 13.2. The van der Waals surface area contributed by atoms with Crippen molar-refractivity contribution >= 4 is 43.7 Å². The van der Waals surface area contributed by atoms with E-state index in [1.807, 2.05) is 81.1 Å². The highest BCUT2D eigenvalue weighted by Crippen LogP contribution is 2.42. The van der Waals surface area contributed by atoms with E-state index in [2.05, 4.69) is 185 Å². The predicted octanol–water partition coefficient (Wildman–Crippen LogP) is 16.5. The number of pyridine rings is 4. The largest absolute Gasteiger partial charge is 0.309 e. The molecule has 0 saturated carbocycles. The summed E-state index contributed by atoms with van der Waals surface area (Å²) in [5.41, 5.74) is 20.3. The highest BCUT2D eigenvalue weighted by Gasteiger charge is 2.20. The van der Waals surface area contributed by atoms with Gasteiger partial charge in [0.15, 0.2) is 0 Å². The zero-order valence-electron chi connectivity index (χ0n) is 38.8. The van der Waals surface area contributed by atoms with E-state index in [1.54, 1.807) is 0 Å². The molecule has 13 rings (SSSR count). The van der Waals surface area contributed by atoms with Crippen LogP contribution in [0, 0.1) is 0 Å². The van der Waals surface area contributed by atoms with Crippen molar-refractivity contribution in [2.45, 2.75) is 13.8 Å². The van der Waals surface area contributed by atoms with Gasteiger partial charge in [0.25, 0.3) is 0 Å². The molecule has 6 heterocycles. The van der Waals surface area contributed by atoms with Crippen molar-refractivity contribution in [3.8, 4) is 78.5 Å². The molecule has 0 bridgehead atoms. The zero-order chi connectivity index (χ0) is 47.0. The van der Waals surface area contributed by atoms with Crippen LogP contribution in [0.2, 0.25) is 0 Å². The normalized spacial score (nSPS) is 11.3. The summed E-state index contributed by atoms with van der Waals surface area (Å²) >= 11 is 0. The van der Waals surface area contributed by atoms with Crippen LogP contribution in [-0.2, 0) is 0 Å². The smallest absolute Gasteiger partial charge is 0.0963 e. The second-order valence-corrected chi connectivity index (χ2v) is 17.0. The Hall–Kier alpha value is -9.26. The summed E-state index contributed by atoms with van der Waals surface area (Å²) < 4.78 is 4.76. The minimum absolute atomic E-state index is 0.946. The first-order valence-electron chi connectivity index (χ1n) is 23.9. The molecule has 0 unspecified atom stereocenters. The van der Waals surface area contributed by atoms with Crippen LogP contribution in [0.1, 0.15) is 13.8 Å². The first kappa shape index (κ1) is 42.1. The Labute approximate surface area is 406 Å². The van der Waals surface area contributed by atoms with Crippen LogP contribution in [0.4, 0.5) is 0 Å². The molecule has 0 amide bonds. The lowest BCUT2D eigenvalue weighted by molar-refractivity contribution is 1.13.